The molecule has 0 bridgehead atoms. The molecule has 18 heavy (non-hydrogen) atoms. The Morgan fingerprint density at radius 3 is 2.72 bits per heavy atom. The van der Waals surface area contributed by atoms with Gasteiger partial charge in [-0.3, -0.25) is 0 Å². The number of benzene rings is 1. The van der Waals surface area contributed by atoms with Gasteiger partial charge in [-0.2, -0.15) is 5.26 Å². The van der Waals surface area contributed by atoms with Crippen LogP contribution in [-0.4, -0.2) is 6.04 Å². The summed E-state index contributed by atoms with van der Waals surface area (Å²) in [7, 11) is 0. The molecule has 1 aromatic carbocycles. The summed E-state index contributed by atoms with van der Waals surface area (Å²) >= 11 is 3.46. The number of hydrogen-bond donors (Lipinski definition) is 1. The Kier molecular flexibility index (Phi) is 4.79. The van der Waals surface area contributed by atoms with E-state index in [1.807, 2.05) is 0 Å². The molecular formula is C15H19BrN2. The topological polar surface area (TPSA) is 35.8 Å². The van der Waals surface area contributed by atoms with Crippen LogP contribution in [0.4, 0.5) is 0 Å². The zero-order chi connectivity index (χ0) is 13.0. The summed E-state index contributed by atoms with van der Waals surface area (Å²) in [6.45, 7) is 2.19. The molecule has 1 aliphatic rings. The average Bonchev–Trinajstić information content (AvgIpc) is 2.84. The fraction of sp³-hybridized carbons (Fsp3) is 0.533. The third-order valence-corrected chi connectivity index (χ3v) is 4.31. The van der Waals surface area contributed by atoms with Gasteiger partial charge >= 0.3 is 0 Å². The summed E-state index contributed by atoms with van der Waals surface area (Å²) in [5.41, 5.74) is 1.31. The highest BCUT2D eigenvalue weighted by atomic mass is 79.9. The van der Waals surface area contributed by atoms with Crippen LogP contribution in [0.1, 0.15) is 44.2 Å². The molecule has 0 spiro atoms. The van der Waals surface area contributed by atoms with Crippen LogP contribution >= 0.6 is 15.9 Å². The summed E-state index contributed by atoms with van der Waals surface area (Å²) in [4.78, 5) is 0. The average molecular weight is 307 g/mol. The molecule has 3 unspecified atom stereocenters. The molecule has 1 saturated carbocycles. The smallest absolute Gasteiger partial charge is 0.0672 e. The first-order valence-corrected chi connectivity index (χ1v) is 7.45. The van der Waals surface area contributed by atoms with Crippen molar-refractivity contribution in [3.05, 3.63) is 34.3 Å². The molecule has 0 aliphatic heterocycles. The number of nitriles is 1. The first kappa shape index (κ1) is 13.6. The van der Waals surface area contributed by atoms with Crippen molar-refractivity contribution in [2.24, 2.45) is 5.92 Å². The van der Waals surface area contributed by atoms with Crippen molar-refractivity contribution in [1.82, 2.24) is 5.32 Å². The highest BCUT2D eigenvalue weighted by Crippen LogP contribution is 2.28. The van der Waals surface area contributed by atoms with E-state index in [-0.39, 0.29) is 5.92 Å². The summed E-state index contributed by atoms with van der Waals surface area (Å²) in [6, 6.07) is 11.6. The SMILES string of the molecule is CCC(NC1CCCC1C#N)c1ccc(Br)cc1. The Labute approximate surface area is 118 Å². The molecule has 1 aliphatic carbocycles. The van der Waals surface area contributed by atoms with E-state index in [9.17, 15) is 0 Å². The van der Waals surface area contributed by atoms with Crippen molar-refractivity contribution in [3.63, 3.8) is 0 Å². The maximum Gasteiger partial charge on any atom is 0.0672 e. The molecule has 0 heterocycles. The van der Waals surface area contributed by atoms with E-state index in [4.69, 9.17) is 5.26 Å². The van der Waals surface area contributed by atoms with Crippen molar-refractivity contribution >= 4 is 15.9 Å². The lowest BCUT2D eigenvalue weighted by Gasteiger charge is -2.24. The van der Waals surface area contributed by atoms with Gasteiger partial charge in [0.1, 0.15) is 0 Å². The lowest BCUT2D eigenvalue weighted by atomic mass is 10.00. The van der Waals surface area contributed by atoms with Crippen LogP contribution in [0.2, 0.25) is 0 Å². The van der Waals surface area contributed by atoms with Crippen LogP contribution in [0, 0.1) is 17.2 Å². The van der Waals surface area contributed by atoms with Gasteiger partial charge in [0.25, 0.3) is 0 Å². The van der Waals surface area contributed by atoms with Crippen LogP contribution in [-0.2, 0) is 0 Å². The van der Waals surface area contributed by atoms with Gasteiger partial charge in [0, 0.05) is 16.6 Å². The van der Waals surface area contributed by atoms with Crippen LogP contribution in [0.3, 0.4) is 0 Å². The summed E-state index contributed by atoms with van der Waals surface area (Å²) < 4.78 is 1.11. The Bertz CT molecular complexity index is 421. The Hall–Kier alpha value is -0.850. The van der Waals surface area contributed by atoms with Gasteiger partial charge in [0.05, 0.1) is 12.0 Å². The molecule has 0 radical (unpaired) electrons. The molecule has 3 heteroatoms. The lowest BCUT2D eigenvalue weighted by Crippen LogP contribution is -2.34. The fourth-order valence-electron chi connectivity index (χ4n) is 2.72. The number of halogens is 1. The normalized spacial score (nSPS) is 24.7. The predicted octanol–water partition coefficient (Wildman–Crippen LogP) is 4.18. The quantitative estimate of drug-likeness (QED) is 0.905. The molecular weight excluding hydrogens is 288 g/mol. The largest absolute Gasteiger partial charge is 0.306 e. The number of hydrogen-bond acceptors (Lipinski definition) is 2. The molecule has 1 N–H and O–H groups in total. The second-order valence-corrected chi connectivity index (χ2v) is 5.87. The number of nitrogens with zero attached hydrogens (tertiary/aromatic N) is 1. The first-order valence-electron chi connectivity index (χ1n) is 6.65. The van der Waals surface area contributed by atoms with E-state index in [0.29, 0.717) is 12.1 Å². The number of rotatable bonds is 4. The molecule has 1 fully saturated rings. The molecule has 96 valence electrons. The number of nitrogens with one attached hydrogen (secondary N) is 1. The molecule has 2 nitrogen and oxygen atoms in total. The van der Waals surface area contributed by atoms with Crippen molar-refractivity contribution < 1.29 is 0 Å². The van der Waals surface area contributed by atoms with Gasteiger partial charge in [-0.1, -0.05) is 41.4 Å². The van der Waals surface area contributed by atoms with Crippen molar-refractivity contribution in [1.29, 1.82) is 5.26 Å². The van der Waals surface area contributed by atoms with Gasteiger partial charge in [-0.15, -0.1) is 0 Å². The van der Waals surface area contributed by atoms with E-state index >= 15 is 0 Å². The summed E-state index contributed by atoms with van der Waals surface area (Å²) in [5.74, 6) is 0.189. The third kappa shape index (κ3) is 3.13. The molecule has 0 amide bonds. The molecule has 0 aromatic heterocycles. The van der Waals surface area contributed by atoms with Crippen molar-refractivity contribution in [3.8, 4) is 6.07 Å². The maximum atomic E-state index is 9.13. The second-order valence-electron chi connectivity index (χ2n) is 4.95. The standard InChI is InChI=1S/C15H19BrN2/c1-2-14(11-6-8-13(16)9-7-11)18-15-5-3-4-12(15)10-17/h6-9,12,14-15,18H,2-5H2,1H3. The van der Waals surface area contributed by atoms with Crippen LogP contribution in [0.15, 0.2) is 28.7 Å². The maximum absolute atomic E-state index is 9.13. The Morgan fingerprint density at radius 2 is 2.11 bits per heavy atom. The van der Waals surface area contributed by atoms with Crippen molar-refractivity contribution in [2.45, 2.75) is 44.7 Å². The highest BCUT2D eigenvalue weighted by Gasteiger charge is 2.28. The van der Waals surface area contributed by atoms with Gasteiger partial charge < -0.3 is 5.32 Å². The molecule has 3 atom stereocenters. The molecule has 0 saturated heterocycles. The van der Waals surface area contributed by atoms with Gasteiger partial charge in [-0.25, -0.2) is 0 Å². The first-order chi connectivity index (χ1) is 8.74. The van der Waals surface area contributed by atoms with E-state index in [2.05, 4.69) is 58.5 Å². The van der Waals surface area contributed by atoms with Crippen LogP contribution in [0.25, 0.3) is 0 Å². The van der Waals surface area contributed by atoms with Crippen LogP contribution < -0.4 is 5.32 Å². The van der Waals surface area contributed by atoms with E-state index in [1.54, 1.807) is 0 Å². The Balaban J connectivity index is 2.05. The van der Waals surface area contributed by atoms with Gasteiger partial charge in [0.15, 0.2) is 0 Å². The monoisotopic (exact) mass is 306 g/mol. The van der Waals surface area contributed by atoms with Gasteiger partial charge in [0.2, 0.25) is 0 Å². The Morgan fingerprint density at radius 1 is 1.39 bits per heavy atom. The minimum Gasteiger partial charge on any atom is -0.306 e. The zero-order valence-electron chi connectivity index (χ0n) is 10.7. The summed E-state index contributed by atoms with van der Waals surface area (Å²) in [6.07, 6.45) is 4.40. The fourth-order valence-corrected chi connectivity index (χ4v) is 2.98. The van der Waals surface area contributed by atoms with E-state index in [0.717, 1.165) is 23.7 Å². The van der Waals surface area contributed by atoms with Crippen molar-refractivity contribution in [2.75, 3.05) is 0 Å². The summed E-state index contributed by atoms with van der Waals surface area (Å²) in [5, 5.41) is 12.8. The highest BCUT2D eigenvalue weighted by molar-refractivity contribution is 9.10. The van der Waals surface area contributed by atoms with Gasteiger partial charge in [-0.05, 0) is 37.0 Å². The van der Waals surface area contributed by atoms with E-state index < -0.39 is 0 Å². The second kappa shape index (κ2) is 6.36. The predicted molar refractivity (Wildman–Crippen MR) is 77.1 cm³/mol. The third-order valence-electron chi connectivity index (χ3n) is 3.78. The minimum absolute atomic E-state index is 0.189. The van der Waals surface area contributed by atoms with E-state index in [1.165, 1.54) is 12.0 Å². The van der Waals surface area contributed by atoms with Crippen LogP contribution in [0.5, 0.6) is 0 Å². The zero-order valence-corrected chi connectivity index (χ0v) is 12.3. The minimum atomic E-state index is 0.189. The molecule has 2 rings (SSSR count). The molecule has 1 aromatic rings. The lowest BCUT2D eigenvalue weighted by molar-refractivity contribution is 0.394.